The summed E-state index contributed by atoms with van der Waals surface area (Å²) in [6.45, 7) is 8.06. The number of likely N-dealkylation sites (N-methyl/N-ethyl adjacent to an activating group) is 1. The Morgan fingerprint density at radius 2 is 2.05 bits per heavy atom. The number of nitrogens with one attached hydrogen (secondary N) is 2. The summed E-state index contributed by atoms with van der Waals surface area (Å²) < 4.78 is 27.3. The molecule has 116 valence electrons. The van der Waals surface area contributed by atoms with Crippen LogP contribution in [0, 0.1) is 0 Å². The molecule has 0 aliphatic rings. The summed E-state index contributed by atoms with van der Waals surface area (Å²) in [6.07, 6.45) is 1.08. The van der Waals surface area contributed by atoms with Crippen molar-refractivity contribution in [2.24, 2.45) is 0 Å². The summed E-state index contributed by atoms with van der Waals surface area (Å²) in [5.74, 6) is 0. The molecule has 0 aliphatic carbocycles. The summed E-state index contributed by atoms with van der Waals surface area (Å²) in [7, 11) is -1.52. The quantitative estimate of drug-likeness (QED) is 0.686. The largest absolute Gasteiger partial charge is 0.316 e. The third kappa shape index (κ3) is 5.49. The van der Waals surface area contributed by atoms with Crippen LogP contribution in [0.25, 0.3) is 0 Å². The van der Waals surface area contributed by atoms with E-state index in [9.17, 15) is 8.42 Å². The zero-order valence-corrected chi connectivity index (χ0v) is 14.1. The topological polar surface area (TPSA) is 61.4 Å². The highest BCUT2D eigenvalue weighted by atomic mass is 32.2. The van der Waals surface area contributed by atoms with E-state index in [1.54, 1.807) is 6.07 Å². The van der Waals surface area contributed by atoms with Gasteiger partial charge in [-0.2, -0.15) is 0 Å². The van der Waals surface area contributed by atoms with E-state index < -0.39 is 10.0 Å². The lowest BCUT2D eigenvalue weighted by Gasteiger charge is -2.19. The van der Waals surface area contributed by atoms with Crippen molar-refractivity contribution in [2.75, 3.05) is 33.2 Å². The van der Waals surface area contributed by atoms with Crippen molar-refractivity contribution < 1.29 is 8.42 Å². The third-order valence-electron chi connectivity index (χ3n) is 2.98. The molecule has 0 saturated carbocycles. The van der Waals surface area contributed by atoms with Crippen LogP contribution in [0.4, 0.5) is 0 Å². The molecule has 0 radical (unpaired) electrons. The van der Waals surface area contributed by atoms with Gasteiger partial charge in [0.15, 0.2) is 0 Å². The van der Waals surface area contributed by atoms with Crippen molar-refractivity contribution in [3.63, 3.8) is 0 Å². The smallest absolute Gasteiger partial charge is 0.250 e. The highest BCUT2D eigenvalue weighted by molar-refractivity contribution is 7.91. The Bertz CT molecular complexity index is 486. The molecule has 1 aromatic heterocycles. The summed E-state index contributed by atoms with van der Waals surface area (Å²) >= 11 is 1.27. The molecule has 7 heteroatoms. The van der Waals surface area contributed by atoms with E-state index in [1.165, 1.54) is 11.3 Å². The van der Waals surface area contributed by atoms with E-state index >= 15 is 0 Å². The minimum Gasteiger partial charge on any atom is -0.316 e. The van der Waals surface area contributed by atoms with Crippen LogP contribution in [0.5, 0.6) is 0 Å². The van der Waals surface area contributed by atoms with E-state index in [0.717, 1.165) is 31.6 Å². The Hall–Kier alpha value is -0.470. The number of sulfonamides is 1. The molecule has 0 atom stereocenters. The molecule has 0 saturated heterocycles. The fourth-order valence-corrected chi connectivity index (χ4v) is 4.22. The van der Waals surface area contributed by atoms with Gasteiger partial charge in [0.25, 0.3) is 0 Å². The van der Waals surface area contributed by atoms with E-state index in [0.29, 0.717) is 17.3 Å². The molecule has 2 N–H and O–H groups in total. The Morgan fingerprint density at radius 1 is 1.30 bits per heavy atom. The normalized spacial score (nSPS) is 12.2. The Kier molecular flexibility index (Phi) is 7.68. The molecule has 1 rings (SSSR count). The summed E-state index contributed by atoms with van der Waals surface area (Å²) in [5.41, 5.74) is 0.999. The molecule has 0 fully saturated rings. The number of thiophene rings is 1. The Morgan fingerprint density at radius 3 is 2.65 bits per heavy atom. The molecule has 0 amide bonds. The van der Waals surface area contributed by atoms with Crippen LogP contribution in [0.2, 0.25) is 0 Å². The van der Waals surface area contributed by atoms with Crippen molar-refractivity contribution in [2.45, 2.75) is 31.0 Å². The molecule has 5 nitrogen and oxygen atoms in total. The molecule has 1 aromatic rings. The number of nitrogens with zero attached hydrogens (tertiary/aromatic N) is 1. The van der Waals surface area contributed by atoms with Gasteiger partial charge in [-0.1, -0.05) is 13.8 Å². The predicted octanol–water partition coefficient (Wildman–Crippen LogP) is 1.48. The van der Waals surface area contributed by atoms with E-state index in [2.05, 4.69) is 28.8 Å². The second-order valence-electron chi connectivity index (χ2n) is 4.64. The Labute approximate surface area is 126 Å². The van der Waals surface area contributed by atoms with Gasteiger partial charge in [-0.3, -0.25) is 0 Å². The average molecular weight is 319 g/mol. The molecule has 0 aromatic carbocycles. The first-order valence-corrected chi connectivity index (χ1v) is 9.33. The first kappa shape index (κ1) is 17.6. The average Bonchev–Trinajstić information content (AvgIpc) is 2.87. The van der Waals surface area contributed by atoms with Crippen LogP contribution in [0.3, 0.4) is 0 Å². The minimum atomic E-state index is -3.36. The maximum absolute atomic E-state index is 12.1. The van der Waals surface area contributed by atoms with Crippen LogP contribution in [0.1, 0.15) is 25.8 Å². The zero-order valence-electron chi connectivity index (χ0n) is 12.5. The second kappa shape index (κ2) is 8.74. The molecule has 0 aliphatic heterocycles. The van der Waals surface area contributed by atoms with Crippen LogP contribution < -0.4 is 10.0 Å². The van der Waals surface area contributed by atoms with Crippen molar-refractivity contribution >= 4 is 21.4 Å². The molecular weight excluding hydrogens is 294 g/mol. The molecule has 1 heterocycles. The van der Waals surface area contributed by atoms with E-state index in [1.807, 2.05) is 12.4 Å². The van der Waals surface area contributed by atoms with E-state index in [4.69, 9.17) is 0 Å². The Balaban J connectivity index is 2.52. The maximum atomic E-state index is 12.1. The van der Waals surface area contributed by atoms with Crippen LogP contribution in [0.15, 0.2) is 15.7 Å². The first-order chi connectivity index (χ1) is 9.53. The summed E-state index contributed by atoms with van der Waals surface area (Å²) in [5, 5.41) is 4.89. The summed E-state index contributed by atoms with van der Waals surface area (Å²) in [4.78, 5) is 2.24. The van der Waals surface area contributed by atoms with Gasteiger partial charge in [-0.15, -0.1) is 11.3 Å². The van der Waals surface area contributed by atoms with Gasteiger partial charge >= 0.3 is 0 Å². The molecule has 0 bridgehead atoms. The monoisotopic (exact) mass is 319 g/mol. The highest BCUT2D eigenvalue weighted by Gasteiger charge is 2.16. The molecule has 0 spiro atoms. The number of hydrogen-bond donors (Lipinski definition) is 2. The van der Waals surface area contributed by atoms with Crippen molar-refractivity contribution in [1.82, 2.24) is 14.9 Å². The predicted molar refractivity (Wildman–Crippen MR) is 84.7 cm³/mol. The molecular formula is C13H25N3O2S2. The molecule has 20 heavy (non-hydrogen) atoms. The lowest BCUT2D eigenvalue weighted by Crippen LogP contribution is -2.35. The number of rotatable bonds is 10. The lowest BCUT2D eigenvalue weighted by molar-refractivity contribution is 0.293. The van der Waals surface area contributed by atoms with Gasteiger partial charge in [0.1, 0.15) is 4.21 Å². The third-order valence-corrected chi connectivity index (χ3v) is 5.93. The van der Waals surface area contributed by atoms with Gasteiger partial charge in [0.05, 0.1) is 0 Å². The number of hydrogen-bond acceptors (Lipinski definition) is 5. The van der Waals surface area contributed by atoms with Gasteiger partial charge in [0, 0.05) is 19.6 Å². The maximum Gasteiger partial charge on any atom is 0.250 e. The first-order valence-electron chi connectivity index (χ1n) is 6.97. The minimum absolute atomic E-state index is 0.390. The van der Waals surface area contributed by atoms with Crippen molar-refractivity contribution in [3.05, 3.63) is 17.0 Å². The SMILES string of the molecule is CCCN(CC)CCNS(=O)(=O)c1cc(CNC)cs1. The standard InChI is InChI=1S/C13H25N3O2S2/c1-4-7-16(5-2)8-6-15-20(17,18)13-9-12(10-14-3)11-19-13/h9,11,14-15H,4-8,10H2,1-3H3. The summed E-state index contributed by atoms with van der Waals surface area (Å²) in [6, 6.07) is 1.73. The highest BCUT2D eigenvalue weighted by Crippen LogP contribution is 2.19. The van der Waals surface area contributed by atoms with Crippen LogP contribution in [-0.4, -0.2) is 46.5 Å². The van der Waals surface area contributed by atoms with Gasteiger partial charge in [-0.25, -0.2) is 13.1 Å². The van der Waals surface area contributed by atoms with Crippen LogP contribution in [-0.2, 0) is 16.6 Å². The lowest BCUT2D eigenvalue weighted by atomic mass is 10.3. The van der Waals surface area contributed by atoms with Gasteiger partial charge < -0.3 is 10.2 Å². The zero-order chi connectivity index (χ0) is 15.0. The van der Waals surface area contributed by atoms with Crippen molar-refractivity contribution in [1.29, 1.82) is 0 Å². The van der Waals surface area contributed by atoms with Crippen LogP contribution >= 0.6 is 11.3 Å². The van der Waals surface area contributed by atoms with Gasteiger partial charge in [0.2, 0.25) is 10.0 Å². The fourth-order valence-electron chi connectivity index (χ4n) is 1.94. The van der Waals surface area contributed by atoms with Gasteiger partial charge in [-0.05, 0) is 43.6 Å². The van der Waals surface area contributed by atoms with Crippen molar-refractivity contribution in [3.8, 4) is 0 Å². The van der Waals surface area contributed by atoms with E-state index in [-0.39, 0.29) is 0 Å². The fraction of sp³-hybridized carbons (Fsp3) is 0.692. The molecule has 0 unspecified atom stereocenters. The second-order valence-corrected chi connectivity index (χ2v) is 7.54.